The molecule has 0 aliphatic carbocycles. The van der Waals surface area contributed by atoms with Crippen LogP contribution in [0.5, 0.6) is 0 Å². The summed E-state index contributed by atoms with van der Waals surface area (Å²) in [5.74, 6) is -1.78. The van der Waals surface area contributed by atoms with Crippen LogP contribution >= 0.6 is 0 Å². The first kappa shape index (κ1) is 17.8. The zero-order valence-corrected chi connectivity index (χ0v) is 13.0. The topological polar surface area (TPSA) is 17.1 Å². The van der Waals surface area contributed by atoms with Crippen LogP contribution in [-0.2, 0) is 11.2 Å². The smallest absolute Gasteiger partial charge is 0.162 e. The predicted octanol–water partition coefficient (Wildman–Crippen LogP) is 5.61. The lowest BCUT2D eigenvalue weighted by atomic mass is 10.0. The molecule has 0 radical (unpaired) electrons. The Morgan fingerprint density at radius 2 is 1.57 bits per heavy atom. The van der Waals surface area contributed by atoms with Crippen molar-refractivity contribution in [1.29, 1.82) is 0 Å². The number of unbranched alkanes of at least 4 members (excludes halogenated alkanes) is 7. The molecule has 0 heterocycles. The first-order chi connectivity index (χ1) is 10.1. The Bertz CT molecular complexity index is 429. The van der Waals surface area contributed by atoms with Gasteiger partial charge in [-0.1, -0.05) is 64.0 Å². The molecule has 3 heteroatoms. The summed E-state index contributed by atoms with van der Waals surface area (Å²) in [6.45, 7) is 2.20. The van der Waals surface area contributed by atoms with E-state index < -0.39 is 11.6 Å². The number of hydrogen-bond donors (Lipinski definition) is 0. The minimum atomic E-state index is -0.887. The van der Waals surface area contributed by atoms with Gasteiger partial charge in [0, 0.05) is 12.8 Å². The average Bonchev–Trinajstić information content (AvgIpc) is 2.47. The summed E-state index contributed by atoms with van der Waals surface area (Å²) in [7, 11) is 0. The summed E-state index contributed by atoms with van der Waals surface area (Å²) in [6.07, 6.45) is 9.88. The van der Waals surface area contributed by atoms with Gasteiger partial charge in [-0.25, -0.2) is 8.78 Å². The van der Waals surface area contributed by atoms with Crippen LogP contribution in [0, 0.1) is 11.6 Å². The Morgan fingerprint density at radius 3 is 2.24 bits per heavy atom. The van der Waals surface area contributed by atoms with Crippen LogP contribution in [0.4, 0.5) is 8.78 Å². The van der Waals surface area contributed by atoms with Crippen molar-refractivity contribution < 1.29 is 13.6 Å². The molecule has 0 saturated heterocycles. The number of carbonyl (C=O) groups is 1. The predicted molar refractivity (Wildman–Crippen MR) is 82.3 cm³/mol. The SMILES string of the molecule is CCCCCCCCCCC(=O)Cc1cccc(F)c1F. The fraction of sp³-hybridized carbons (Fsp3) is 0.611. The van der Waals surface area contributed by atoms with Gasteiger partial charge in [0.1, 0.15) is 5.78 Å². The minimum Gasteiger partial charge on any atom is -0.299 e. The standard InChI is InChI=1S/C18H26F2O/c1-2-3-4-5-6-7-8-9-12-16(21)14-15-11-10-13-17(19)18(15)20/h10-11,13H,2-9,12,14H2,1H3. The molecule has 0 amide bonds. The van der Waals surface area contributed by atoms with Crippen molar-refractivity contribution in [2.24, 2.45) is 0 Å². The molecule has 0 aliphatic heterocycles. The molecular formula is C18H26F2O. The molecule has 118 valence electrons. The molecule has 0 fully saturated rings. The van der Waals surface area contributed by atoms with Gasteiger partial charge in [-0.3, -0.25) is 4.79 Å². The first-order valence-corrected chi connectivity index (χ1v) is 8.09. The second-order valence-corrected chi connectivity index (χ2v) is 5.65. The number of carbonyl (C=O) groups excluding carboxylic acids is 1. The fourth-order valence-corrected chi connectivity index (χ4v) is 2.44. The Kier molecular flexibility index (Phi) is 8.88. The van der Waals surface area contributed by atoms with Gasteiger partial charge in [0.25, 0.3) is 0 Å². The van der Waals surface area contributed by atoms with E-state index in [1.165, 1.54) is 44.2 Å². The van der Waals surface area contributed by atoms with Crippen molar-refractivity contribution in [2.75, 3.05) is 0 Å². The van der Waals surface area contributed by atoms with Crippen LogP contribution in [0.2, 0.25) is 0 Å². The maximum atomic E-state index is 13.4. The number of benzene rings is 1. The van der Waals surface area contributed by atoms with E-state index >= 15 is 0 Å². The molecule has 0 atom stereocenters. The van der Waals surface area contributed by atoms with E-state index in [9.17, 15) is 13.6 Å². The molecule has 0 bridgehead atoms. The Labute approximate surface area is 126 Å². The Balaban J connectivity index is 2.13. The third kappa shape index (κ3) is 7.35. The van der Waals surface area contributed by atoms with Gasteiger partial charge in [0.15, 0.2) is 11.6 Å². The minimum absolute atomic E-state index is 0.0000926. The number of ketones is 1. The highest BCUT2D eigenvalue weighted by atomic mass is 19.2. The second-order valence-electron chi connectivity index (χ2n) is 5.65. The van der Waals surface area contributed by atoms with Crippen molar-refractivity contribution in [3.63, 3.8) is 0 Å². The van der Waals surface area contributed by atoms with Crippen LogP contribution in [-0.4, -0.2) is 5.78 Å². The van der Waals surface area contributed by atoms with E-state index in [1.54, 1.807) is 0 Å². The van der Waals surface area contributed by atoms with Crippen LogP contribution < -0.4 is 0 Å². The van der Waals surface area contributed by atoms with E-state index in [0.29, 0.717) is 6.42 Å². The maximum absolute atomic E-state index is 13.4. The molecule has 0 unspecified atom stereocenters. The van der Waals surface area contributed by atoms with Crippen molar-refractivity contribution in [1.82, 2.24) is 0 Å². The molecule has 0 aliphatic rings. The van der Waals surface area contributed by atoms with Gasteiger partial charge < -0.3 is 0 Å². The molecule has 1 aromatic rings. The lowest BCUT2D eigenvalue weighted by molar-refractivity contribution is -0.118. The first-order valence-electron chi connectivity index (χ1n) is 8.09. The average molecular weight is 296 g/mol. The zero-order valence-electron chi connectivity index (χ0n) is 13.0. The third-order valence-electron chi connectivity index (χ3n) is 3.73. The van der Waals surface area contributed by atoms with Crippen molar-refractivity contribution in [3.05, 3.63) is 35.4 Å². The molecule has 0 aromatic heterocycles. The summed E-state index contributed by atoms with van der Waals surface area (Å²) in [5, 5.41) is 0. The van der Waals surface area contributed by atoms with Gasteiger partial charge in [0.2, 0.25) is 0 Å². The number of halogens is 2. The van der Waals surface area contributed by atoms with E-state index in [-0.39, 0.29) is 17.8 Å². The van der Waals surface area contributed by atoms with E-state index in [0.717, 1.165) is 25.3 Å². The molecule has 21 heavy (non-hydrogen) atoms. The van der Waals surface area contributed by atoms with Crippen LogP contribution in [0.3, 0.4) is 0 Å². The van der Waals surface area contributed by atoms with Crippen LogP contribution in [0.1, 0.15) is 70.3 Å². The molecule has 1 rings (SSSR count). The van der Waals surface area contributed by atoms with Crippen molar-refractivity contribution in [3.8, 4) is 0 Å². The number of rotatable bonds is 11. The van der Waals surface area contributed by atoms with E-state index in [4.69, 9.17) is 0 Å². The number of Topliss-reactive ketones (excluding diaryl/α,β-unsaturated/α-hetero) is 1. The summed E-state index contributed by atoms with van der Waals surface area (Å²) >= 11 is 0. The largest absolute Gasteiger partial charge is 0.299 e. The lowest BCUT2D eigenvalue weighted by Crippen LogP contribution is -2.05. The van der Waals surface area contributed by atoms with Crippen LogP contribution in [0.25, 0.3) is 0 Å². The highest BCUT2D eigenvalue weighted by Crippen LogP contribution is 2.14. The summed E-state index contributed by atoms with van der Waals surface area (Å²) in [5.41, 5.74) is 0.166. The van der Waals surface area contributed by atoms with E-state index in [2.05, 4.69) is 6.92 Å². The molecule has 1 nitrogen and oxygen atoms in total. The second kappa shape index (κ2) is 10.5. The quantitative estimate of drug-likeness (QED) is 0.485. The van der Waals surface area contributed by atoms with Gasteiger partial charge in [-0.05, 0) is 18.1 Å². The summed E-state index contributed by atoms with van der Waals surface area (Å²) in [6, 6.07) is 3.99. The highest BCUT2D eigenvalue weighted by molar-refractivity contribution is 5.80. The molecule has 0 N–H and O–H groups in total. The summed E-state index contributed by atoms with van der Waals surface area (Å²) in [4.78, 5) is 11.8. The molecule has 0 spiro atoms. The number of hydrogen-bond acceptors (Lipinski definition) is 1. The lowest BCUT2D eigenvalue weighted by Gasteiger charge is -2.04. The third-order valence-corrected chi connectivity index (χ3v) is 3.73. The van der Waals surface area contributed by atoms with Gasteiger partial charge in [-0.15, -0.1) is 0 Å². The molecule has 0 saturated carbocycles. The van der Waals surface area contributed by atoms with Crippen LogP contribution in [0.15, 0.2) is 18.2 Å². The van der Waals surface area contributed by atoms with E-state index in [1.807, 2.05) is 0 Å². The van der Waals surface area contributed by atoms with Crippen molar-refractivity contribution in [2.45, 2.75) is 71.1 Å². The fourth-order valence-electron chi connectivity index (χ4n) is 2.44. The zero-order chi connectivity index (χ0) is 15.5. The van der Waals surface area contributed by atoms with Gasteiger partial charge in [-0.2, -0.15) is 0 Å². The van der Waals surface area contributed by atoms with Crippen molar-refractivity contribution >= 4 is 5.78 Å². The monoisotopic (exact) mass is 296 g/mol. The normalized spacial score (nSPS) is 10.8. The Morgan fingerprint density at radius 1 is 0.952 bits per heavy atom. The van der Waals surface area contributed by atoms with Gasteiger partial charge in [0.05, 0.1) is 0 Å². The molecule has 1 aromatic carbocycles. The maximum Gasteiger partial charge on any atom is 0.162 e. The summed E-state index contributed by atoms with van der Waals surface area (Å²) < 4.78 is 26.4. The highest BCUT2D eigenvalue weighted by Gasteiger charge is 2.11. The van der Waals surface area contributed by atoms with Gasteiger partial charge >= 0.3 is 0 Å². The Hall–Kier alpha value is -1.25. The molecular weight excluding hydrogens is 270 g/mol.